The van der Waals surface area contributed by atoms with Crippen LogP contribution in [0, 0.1) is 0 Å². The lowest BCUT2D eigenvalue weighted by atomic mass is 10.2. The summed E-state index contributed by atoms with van der Waals surface area (Å²) in [6.45, 7) is 0. The van der Waals surface area contributed by atoms with Crippen molar-refractivity contribution in [1.29, 1.82) is 0 Å². The number of hydrogen-bond acceptors (Lipinski definition) is 6. The standard InChI is InChI=1S/C18H18N4O3S/c1-25-15-8-5-10(9-19-15)20-14(23)7-6-13-21-17(24)16-11-3-2-4-12(11)26-18(16)22-13/h5,8-9H,2-4,6-7H2,1H3,(H,20,23)(H,21,22,24). The summed E-state index contributed by atoms with van der Waals surface area (Å²) in [5.74, 6) is 0.875. The van der Waals surface area contributed by atoms with Crippen LogP contribution < -0.4 is 15.6 Å². The highest BCUT2D eigenvalue weighted by molar-refractivity contribution is 7.18. The van der Waals surface area contributed by atoms with Crippen molar-refractivity contribution < 1.29 is 9.53 Å². The average molecular weight is 370 g/mol. The lowest BCUT2D eigenvalue weighted by Crippen LogP contribution is -2.16. The van der Waals surface area contributed by atoms with Gasteiger partial charge in [-0.2, -0.15) is 0 Å². The number of H-pyrrole nitrogens is 1. The van der Waals surface area contributed by atoms with E-state index in [1.807, 2.05) is 0 Å². The number of amides is 1. The lowest BCUT2D eigenvalue weighted by molar-refractivity contribution is -0.116. The Morgan fingerprint density at radius 3 is 3.04 bits per heavy atom. The molecule has 0 spiro atoms. The molecule has 0 saturated carbocycles. The maximum atomic E-state index is 12.4. The lowest BCUT2D eigenvalue weighted by Gasteiger charge is -2.06. The van der Waals surface area contributed by atoms with Gasteiger partial charge in [-0.1, -0.05) is 0 Å². The molecule has 3 aromatic rings. The highest BCUT2D eigenvalue weighted by atomic mass is 32.1. The van der Waals surface area contributed by atoms with Crippen molar-refractivity contribution in [3.8, 4) is 5.88 Å². The number of anilines is 1. The highest BCUT2D eigenvalue weighted by Crippen LogP contribution is 2.34. The number of aryl methyl sites for hydroxylation is 3. The van der Waals surface area contributed by atoms with E-state index in [4.69, 9.17) is 4.74 Å². The number of methoxy groups -OCH3 is 1. The fourth-order valence-corrected chi connectivity index (χ4v) is 4.48. The SMILES string of the molecule is COc1ccc(NC(=O)CCc2nc3sc4c(c3c(=O)[nH]2)CCC4)cn1. The Hall–Kier alpha value is -2.74. The largest absolute Gasteiger partial charge is 0.481 e. The van der Waals surface area contributed by atoms with Gasteiger partial charge in [-0.05, 0) is 30.9 Å². The molecule has 0 unspecified atom stereocenters. The van der Waals surface area contributed by atoms with Gasteiger partial charge in [0, 0.05) is 23.8 Å². The number of carbonyl (C=O) groups excluding carboxylic acids is 1. The maximum Gasteiger partial charge on any atom is 0.259 e. The zero-order valence-corrected chi connectivity index (χ0v) is 15.1. The van der Waals surface area contributed by atoms with Gasteiger partial charge in [0.05, 0.1) is 24.4 Å². The van der Waals surface area contributed by atoms with E-state index < -0.39 is 0 Å². The van der Waals surface area contributed by atoms with Gasteiger partial charge >= 0.3 is 0 Å². The molecule has 0 aliphatic heterocycles. The van der Waals surface area contributed by atoms with Crippen LogP contribution in [0.25, 0.3) is 10.2 Å². The van der Waals surface area contributed by atoms with E-state index in [0.29, 0.717) is 23.8 Å². The first-order valence-electron chi connectivity index (χ1n) is 8.47. The minimum atomic E-state index is -0.159. The zero-order valence-electron chi connectivity index (χ0n) is 14.3. The van der Waals surface area contributed by atoms with Crippen molar-refractivity contribution in [2.24, 2.45) is 0 Å². The zero-order chi connectivity index (χ0) is 18.1. The van der Waals surface area contributed by atoms with Crippen molar-refractivity contribution in [1.82, 2.24) is 15.0 Å². The number of nitrogens with one attached hydrogen (secondary N) is 2. The minimum absolute atomic E-state index is 0.0934. The van der Waals surface area contributed by atoms with Crippen LogP contribution in [0.15, 0.2) is 23.1 Å². The monoisotopic (exact) mass is 370 g/mol. The van der Waals surface area contributed by atoms with Gasteiger partial charge in [0.1, 0.15) is 10.7 Å². The fourth-order valence-electron chi connectivity index (χ4n) is 3.20. The fraction of sp³-hybridized carbons (Fsp3) is 0.333. The molecule has 0 saturated heterocycles. The van der Waals surface area contributed by atoms with Crippen molar-refractivity contribution in [2.75, 3.05) is 12.4 Å². The second-order valence-corrected chi connectivity index (χ2v) is 7.27. The molecule has 7 nitrogen and oxygen atoms in total. The normalized spacial score (nSPS) is 13.0. The van der Waals surface area contributed by atoms with Crippen LogP contribution in [0.5, 0.6) is 5.88 Å². The third kappa shape index (κ3) is 3.20. The van der Waals surface area contributed by atoms with E-state index in [0.717, 1.165) is 35.0 Å². The van der Waals surface area contributed by atoms with Gasteiger partial charge in [0.2, 0.25) is 11.8 Å². The number of thiophene rings is 1. The molecule has 0 aromatic carbocycles. The van der Waals surface area contributed by atoms with E-state index in [9.17, 15) is 9.59 Å². The van der Waals surface area contributed by atoms with Crippen LogP contribution in [0.3, 0.4) is 0 Å². The predicted octanol–water partition coefficient (Wildman–Crippen LogP) is 2.45. The minimum Gasteiger partial charge on any atom is -0.481 e. The molecule has 8 heteroatoms. The van der Waals surface area contributed by atoms with Crippen molar-refractivity contribution >= 4 is 33.1 Å². The Morgan fingerprint density at radius 1 is 1.38 bits per heavy atom. The van der Waals surface area contributed by atoms with E-state index in [2.05, 4.69) is 20.3 Å². The molecule has 1 amide bonds. The number of hydrogen-bond donors (Lipinski definition) is 2. The molecule has 2 N–H and O–H groups in total. The van der Waals surface area contributed by atoms with Crippen molar-refractivity contribution in [2.45, 2.75) is 32.1 Å². The first-order valence-corrected chi connectivity index (χ1v) is 9.29. The van der Waals surface area contributed by atoms with E-state index in [-0.39, 0.29) is 17.9 Å². The Labute approximate surface area is 153 Å². The van der Waals surface area contributed by atoms with Gasteiger partial charge in [-0.15, -0.1) is 11.3 Å². The average Bonchev–Trinajstić information content (AvgIpc) is 3.21. The second-order valence-electron chi connectivity index (χ2n) is 6.19. The smallest absolute Gasteiger partial charge is 0.259 e. The number of aromatic nitrogens is 3. The van der Waals surface area contributed by atoms with Crippen LogP contribution in [0.2, 0.25) is 0 Å². The van der Waals surface area contributed by atoms with E-state index in [1.165, 1.54) is 18.2 Å². The molecule has 0 fully saturated rings. The molecule has 1 aliphatic rings. The summed E-state index contributed by atoms with van der Waals surface area (Å²) in [6.07, 6.45) is 5.24. The molecular formula is C18H18N4O3S. The topological polar surface area (TPSA) is 97.0 Å². The number of carbonyl (C=O) groups is 1. The summed E-state index contributed by atoms with van der Waals surface area (Å²) >= 11 is 1.60. The molecule has 26 heavy (non-hydrogen) atoms. The Morgan fingerprint density at radius 2 is 2.27 bits per heavy atom. The Balaban J connectivity index is 1.44. The second kappa shape index (κ2) is 6.87. The van der Waals surface area contributed by atoms with Crippen LogP contribution in [-0.2, 0) is 24.1 Å². The van der Waals surface area contributed by atoms with Crippen molar-refractivity contribution in [3.05, 3.63) is 44.9 Å². The first-order chi connectivity index (χ1) is 12.6. The van der Waals surface area contributed by atoms with Gasteiger partial charge in [0.25, 0.3) is 5.56 Å². The van der Waals surface area contributed by atoms with Crippen LogP contribution in [-0.4, -0.2) is 28.0 Å². The van der Waals surface area contributed by atoms with Crippen LogP contribution >= 0.6 is 11.3 Å². The quantitative estimate of drug-likeness (QED) is 0.719. The van der Waals surface area contributed by atoms with Crippen molar-refractivity contribution in [3.63, 3.8) is 0 Å². The number of aromatic amines is 1. The Bertz CT molecular complexity index is 1020. The summed E-state index contributed by atoms with van der Waals surface area (Å²) in [5.41, 5.74) is 1.67. The summed E-state index contributed by atoms with van der Waals surface area (Å²) in [7, 11) is 1.54. The number of fused-ring (bicyclic) bond motifs is 3. The predicted molar refractivity (Wildman–Crippen MR) is 100 cm³/mol. The summed E-state index contributed by atoms with van der Waals surface area (Å²) in [5, 5.41) is 3.51. The molecule has 3 aromatic heterocycles. The van der Waals surface area contributed by atoms with E-state index in [1.54, 1.807) is 23.5 Å². The summed E-state index contributed by atoms with van der Waals surface area (Å²) < 4.78 is 4.98. The molecule has 0 atom stereocenters. The van der Waals surface area contributed by atoms with Crippen LogP contribution in [0.1, 0.15) is 29.1 Å². The molecule has 3 heterocycles. The van der Waals surface area contributed by atoms with Gasteiger partial charge in [-0.3, -0.25) is 9.59 Å². The maximum absolute atomic E-state index is 12.4. The van der Waals surface area contributed by atoms with Crippen LogP contribution in [0.4, 0.5) is 5.69 Å². The summed E-state index contributed by atoms with van der Waals surface area (Å²) in [4.78, 5) is 38.0. The molecule has 0 bridgehead atoms. The first kappa shape index (κ1) is 16.7. The number of pyridine rings is 1. The molecular weight excluding hydrogens is 352 g/mol. The summed E-state index contributed by atoms with van der Waals surface area (Å²) in [6, 6.07) is 3.40. The third-order valence-electron chi connectivity index (χ3n) is 4.44. The molecule has 0 radical (unpaired) electrons. The Kier molecular flexibility index (Phi) is 4.42. The van der Waals surface area contributed by atoms with Gasteiger partial charge < -0.3 is 15.0 Å². The molecule has 134 valence electrons. The highest BCUT2D eigenvalue weighted by Gasteiger charge is 2.21. The third-order valence-corrected chi connectivity index (χ3v) is 5.63. The van der Waals surface area contributed by atoms with Gasteiger partial charge in [-0.25, -0.2) is 9.97 Å². The number of rotatable bonds is 5. The molecule has 1 aliphatic carbocycles. The number of ether oxygens (including phenoxy) is 1. The number of nitrogens with zero attached hydrogens (tertiary/aromatic N) is 2. The van der Waals surface area contributed by atoms with E-state index >= 15 is 0 Å². The van der Waals surface area contributed by atoms with Gasteiger partial charge in [0.15, 0.2) is 0 Å². The molecule has 4 rings (SSSR count).